The lowest BCUT2D eigenvalue weighted by Crippen LogP contribution is -2.13. The van der Waals surface area contributed by atoms with Crippen LogP contribution in [0.25, 0.3) is 16.9 Å². The molecule has 3 aromatic rings. The number of carbonyl (C=O) groups excluding carboxylic acids is 1. The highest BCUT2D eigenvalue weighted by Gasteiger charge is 2.16. The van der Waals surface area contributed by atoms with Gasteiger partial charge in [-0.05, 0) is 31.9 Å². The van der Waals surface area contributed by atoms with E-state index in [4.69, 9.17) is 4.98 Å². The molecule has 4 heteroatoms. The van der Waals surface area contributed by atoms with Crippen molar-refractivity contribution >= 4 is 17.4 Å². The largest absolute Gasteiger partial charge is 0.310 e. The standard InChI is InChI=1S/C22H27N3O/c1-4-5-6-7-8-20(26)24-22-21(18-12-9-16(2)10-13-18)23-19-14-11-17(3)15-25(19)22/h9-15H,4-8H2,1-3H3,(H,24,26). The SMILES string of the molecule is CCCCCCC(=O)Nc1c(-c2ccc(C)cc2)nc2ccc(C)cn12. The second-order valence-electron chi connectivity index (χ2n) is 6.97. The van der Waals surface area contributed by atoms with Crippen molar-refractivity contribution in [1.29, 1.82) is 0 Å². The van der Waals surface area contributed by atoms with Crippen LogP contribution < -0.4 is 5.32 Å². The third-order valence-corrected chi connectivity index (χ3v) is 4.61. The van der Waals surface area contributed by atoms with Crippen molar-refractivity contribution < 1.29 is 4.79 Å². The minimum Gasteiger partial charge on any atom is -0.310 e. The van der Waals surface area contributed by atoms with Gasteiger partial charge in [0, 0.05) is 18.2 Å². The van der Waals surface area contributed by atoms with E-state index in [1.54, 1.807) is 0 Å². The Balaban J connectivity index is 1.93. The number of hydrogen-bond acceptors (Lipinski definition) is 2. The number of amides is 1. The zero-order valence-electron chi connectivity index (χ0n) is 15.9. The Bertz CT molecular complexity index is 894. The molecular formula is C22H27N3O. The number of anilines is 1. The lowest BCUT2D eigenvalue weighted by atomic mass is 10.1. The van der Waals surface area contributed by atoms with E-state index in [1.165, 1.54) is 18.4 Å². The molecule has 0 saturated carbocycles. The maximum Gasteiger partial charge on any atom is 0.225 e. The molecule has 4 nitrogen and oxygen atoms in total. The normalized spacial score (nSPS) is 11.0. The highest BCUT2D eigenvalue weighted by Crippen LogP contribution is 2.29. The van der Waals surface area contributed by atoms with Crippen LogP contribution in [0, 0.1) is 13.8 Å². The zero-order valence-corrected chi connectivity index (χ0v) is 15.9. The molecule has 3 rings (SSSR count). The molecule has 0 unspecified atom stereocenters. The number of benzene rings is 1. The van der Waals surface area contributed by atoms with Gasteiger partial charge in [-0.1, -0.05) is 62.1 Å². The highest BCUT2D eigenvalue weighted by molar-refractivity contribution is 5.94. The molecule has 0 spiro atoms. The smallest absolute Gasteiger partial charge is 0.225 e. The molecule has 2 heterocycles. The molecule has 2 aromatic heterocycles. The van der Waals surface area contributed by atoms with E-state index >= 15 is 0 Å². The molecule has 0 aliphatic rings. The van der Waals surface area contributed by atoms with E-state index in [1.807, 2.05) is 29.7 Å². The molecule has 136 valence electrons. The predicted octanol–water partition coefficient (Wildman–Crippen LogP) is 5.53. The monoisotopic (exact) mass is 349 g/mol. The summed E-state index contributed by atoms with van der Waals surface area (Å²) in [7, 11) is 0. The predicted molar refractivity (Wildman–Crippen MR) is 107 cm³/mol. The van der Waals surface area contributed by atoms with Crippen molar-refractivity contribution in [3.63, 3.8) is 0 Å². The summed E-state index contributed by atoms with van der Waals surface area (Å²) >= 11 is 0. The summed E-state index contributed by atoms with van der Waals surface area (Å²) in [5.74, 6) is 0.811. The number of hydrogen-bond donors (Lipinski definition) is 1. The van der Waals surface area contributed by atoms with Crippen LogP contribution in [0.15, 0.2) is 42.6 Å². The molecule has 1 N–H and O–H groups in total. The second-order valence-corrected chi connectivity index (χ2v) is 6.97. The summed E-state index contributed by atoms with van der Waals surface area (Å²) < 4.78 is 1.98. The van der Waals surface area contributed by atoms with E-state index in [-0.39, 0.29) is 5.91 Å². The third-order valence-electron chi connectivity index (χ3n) is 4.61. The number of nitrogens with zero attached hydrogens (tertiary/aromatic N) is 2. The van der Waals surface area contributed by atoms with Crippen LogP contribution in [-0.4, -0.2) is 15.3 Å². The molecule has 1 amide bonds. The Labute approximate surface area is 155 Å². The lowest BCUT2D eigenvalue weighted by Gasteiger charge is -2.08. The van der Waals surface area contributed by atoms with Crippen molar-refractivity contribution in [1.82, 2.24) is 9.38 Å². The van der Waals surface area contributed by atoms with E-state index in [9.17, 15) is 4.79 Å². The van der Waals surface area contributed by atoms with Crippen LogP contribution in [0.2, 0.25) is 0 Å². The summed E-state index contributed by atoms with van der Waals surface area (Å²) in [6.45, 7) is 6.28. The van der Waals surface area contributed by atoms with E-state index in [0.717, 1.165) is 41.1 Å². The minimum atomic E-state index is 0.0535. The second kappa shape index (κ2) is 8.17. The van der Waals surface area contributed by atoms with E-state index in [2.05, 4.69) is 43.4 Å². The number of nitrogens with one attached hydrogen (secondary N) is 1. The van der Waals surface area contributed by atoms with Crippen LogP contribution in [0.5, 0.6) is 0 Å². The number of aryl methyl sites for hydroxylation is 2. The van der Waals surface area contributed by atoms with Gasteiger partial charge < -0.3 is 5.32 Å². The average molecular weight is 349 g/mol. The van der Waals surface area contributed by atoms with Crippen LogP contribution in [0.3, 0.4) is 0 Å². The lowest BCUT2D eigenvalue weighted by molar-refractivity contribution is -0.116. The molecule has 26 heavy (non-hydrogen) atoms. The van der Waals surface area contributed by atoms with Gasteiger partial charge in [-0.3, -0.25) is 9.20 Å². The molecule has 0 bridgehead atoms. The van der Waals surface area contributed by atoms with Gasteiger partial charge in [-0.25, -0.2) is 4.98 Å². The number of fused-ring (bicyclic) bond motifs is 1. The summed E-state index contributed by atoms with van der Waals surface area (Å²) in [5, 5.41) is 3.11. The number of aromatic nitrogens is 2. The number of unbranched alkanes of at least 4 members (excludes halogenated alkanes) is 3. The molecule has 0 aliphatic carbocycles. The van der Waals surface area contributed by atoms with Crippen LogP contribution in [-0.2, 0) is 4.79 Å². The fraction of sp³-hybridized carbons (Fsp3) is 0.364. The van der Waals surface area contributed by atoms with Gasteiger partial charge in [0.15, 0.2) is 0 Å². The Kier molecular flexibility index (Phi) is 5.71. The topological polar surface area (TPSA) is 46.4 Å². The van der Waals surface area contributed by atoms with Gasteiger partial charge in [0.2, 0.25) is 5.91 Å². The molecule has 0 radical (unpaired) electrons. The molecule has 0 aliphatic heterocycles. The van der Waals surface area contributed by atoms with Gasteiger partial charge in [0.1, 0.15) is 17.2 Å². The maximum absolute atomic E-state index is 12.5. The average Bonchev–Trinajstić information content (AvgIpc) is 2.97. The fourth-order valence-corrected chi connectivity index (χ4v) is 3.09. The van der Waals surface area contributed by atoms with Gasteiger partial charge in [0.25, 0.3) is 0 Å². The van der Waals surface area contributed by atoms with E-state index < -0.39 is 0 Å². The summed E-state index contributed by atoms with van der Waals surface area (Å²) in [4.78, 5) is 17.3. The van der Waals surface area contributed by atoms with Crippen LogP contribution >= 0.6 is 0 Å². The van der Waals surface area contributed by atoms with Gasteiger partial charge in [-0.2, -0.15) is 0 Å². The summed E-state index contributed by atoms with van der Waals surface area (Å²) in [6.07, 6.45) is 6.94. The van der Waals surface area contributed by atoms with Gasteiger partial charge in [0.05, 0.1) is 0 Å². The molecule has 0 fully saturated rings. The first kappa shape index (κ1) is 18.2. The number of pyridine rings is 1. The van der Waals surface area contributed by atoms with E-state index in [0.29, 0.717) is 6.42 Å². The van der Waals surface area contributed by atoms with Crippen molar-refractivity contribution in [2.24, 2.45) is 0 Å². The first-order chi connectivity index (χ1) is 12.6. The number of imidazole rings is 1. The highest BCUT2D eigenvalue weighted by atomic mass is 16.1. The van der Waals surface area contributed by atoms with Gasteiger partial charge in [-0.15, -0.1) is 0 Å². The fourth-order valence-electron chi connectivity index (χ4n) is 3.09. The Morgan fingerprint density at radius 1 is 1.00 bits per heavy atom. The summed E-state index contributed by atoms with van der Waals surface area (Å²) in [5.41, 5.74) is 5.00. The van der Waals surface area contributed by atoms with Crippen LogP contribution in [0.4, 0.5) is 5.82 Å². The Morgan fingerprint density at radius 3 is 2.46 bits per heavy atom. The number of rotatable bonds is 7. The van der Waals surface area contributed by atoms with Gasteiger partial charge >= 0.3 is 0 Å². The van der Waals surface area contributed by atoms with Crippen molar-refractivity contribution in [3.05, 3.63) is 53.7 Å². The Morgan fingerprint density at radius 2 is 1.73 bits per heavy atom. The first-order valence-electron chi connectivity index (χ1n) is 9.44. The quantitative estimate of drug-likeness (QED) is 0.570. The van der Waals surface area contributed by atoms with Crippen molar-refractivity contribution in [3.8, 4) is 11.3 Å². The summed E-state index contributed by atoms with van der Waals surface area (Å²) in [6, 6.07) is 12.3. The minimum absolute atomic E-state index is 0.0535. The van der Waals surface area contributed by atoms with Crippen molar-refractivity contribution in [2.45, 2.75) is 52.9 Å². The molecule has 0 saturated heterocycles. The Hall–Kier alpha value is -2.62. The third kappa shape index (κ3) is 4.13. The molecular weight excluding hydrogens is 322 g/mol. The van der Waals surface area contributed by atoms with Crippen LogP contribution in [0.1, 0.15) is 50.2 Å². The maximum atomic E-state index is 12.5. The zero-order chi connectivity index (χ0) is 18.5. The first-order valence-corrected chi connectivity index (χ1v) is 9.44. The number of carbonyl (C=O) groups is 1. The molecule has 0 atom stereocenters. The molecule has 1 aromatic carbocycles. The van der Waals surface area contributed by atoms with Crippen molar-refractivity contribution in [2.75, 3.05) is 5.32 Å².